The second-order valence-corrected chi connectivity index (χ2v) is 5.99. The molecule has 0 spiro atoms. The second-order valence-electron chi connectivity index (χ2n) is 5.58. The van der Waals surface area contributed by atoms with Crippen LogP contribution in [-0.4, -0.2) is 34.2 Å². The maximum absolute atomic E-state index is 9.78. The fraction of sp³-hybridized carbons (Fsp3) is 0.400. The zero-order valence-corrected chi connectivity index (χ0v) is 12.7. The number of nitrogens with zero attached hydrogens (tertiary/aromatic N) is 2. The van der Waals surface area contributed by atoms with Gasteiger partial charge in [-0.1, -0.05) is 23.7 Å². The minimum Gasteiger partial charge on any atom is -0.439 e. The number of benzene rings is 1. The van der Waals surface area contributed by atoms with E-state index < -0.39 is 5.60 Å². The van der Waals surface area contributed by atoms with Gasteiger partial charge in [-0.05, 0) is 33.0 Å². The van der Waals surface area contributed by atoms with Crippen molar-refractivity contribution in [2.24, 2.45) is 0 Å². The molecule has 0 saturated carbocycles. The summed E-state index contributed by atoms with van der Waals surface area (Å²) in [5, 5.41) is 10.4. The topological polar surface area (TPSA) is 49.5 Å². The molecule has 5 heteroatoms. The van der Waals surface area contributed by atoms with Crippen LogP contribution in [0.4, 0.5) is 0 Å². The first-order valence-corrected chi connectivity index (χ1v) is 6.83. The molecular weight excluding hydrogens is 276 g/mol. The van der Waals surface area contributed by atoms with Gasteiger partial charge in [0.05, 0.1) is 23.4 Å². The molecule has 4 nitrogen and oxygen atoms in total. The Hall–Kier alpha value is -1.36. The molecule has 0 unspecified atom stereocenters. The van der Waals surface area contributed by atoms with Crippen LogP contribution in [0.1, 0.15) is 19.7 Å². The van der Waals surface area contributed by atoms with Gasteiger partial charge < -0.3 is 9.52 Å². The standard InChI is InChI=1S/C15H19ClN2O2/c1-15(2,19)10-18(3)9-14-17-8-13(20-14)11-6-4-5-7-12(11)16/h4-8,19H,9-10H2,1-3H3. The summed E-state index contributed by atoms with van der Waals surface area (Å²) in [7, 11) is 1.91. The van der Waals surface area contributed by atoms with E-state index in [1.807, 2.05) is 36.2 Å². The molecule has 20 heavy (non-hydrogen) atoms. The van der Waals surface area contributed by atoms with E-state index in [1.165, 1.54) is 0 Å². The van der Waals surface area contributed by atoms with Crippen LogP contribution in [0.3, 0.4) is 0 Å². The van der Waals surface area contributed by atoms with Crippen LogP contribution < -0.4 is 0 Å². The van der Waals surface area contributed by atoms with Crippen molar-refractivity contribution in [1.82, 2.24) is 9.88 Å². The molecule has 0 aliphatic rings. The monoisotopic (exact) mass is 294 g/mol. The summed E-state index contributed by atoms with van der Waals surface area (Å²) < 4.78 is 5.72. The van der Waals surface area contributed by atoms with E-state index in [2.05, 4.69) is 4.98 Å². The van der Waals surface area contributed by atoms with Gasteiger partial charge in [0.15, 0.2) is 5.76 Å². The molecule has 1 heterocycles. The minimum atomic E-state index is -0.743. The van der Waals surface area contributed by atoms with Gasteiger partial charge in [-0.2, -0.15) is 0 Å². The normalized spacial score (nSPS) is 12.1. The summed E-state index contributed by atoms with van der Waals surface area (Å²) in [6.45, 7) is 4.62. The van der Waals surface area contributed by atoms with Gasteiger partial charge in [-0.3, -0.25) is 4.90 Å². The number of aromatic nitrogens is 1. The summed E-state index contributed by atoms with van der Waals surface area (Å²) in [4.78, 5) is 6.22. The lowest BCUT2D eigenvalue weighted by atomic mass is 10.1. The summed E-state index contributed by atoms with van der Waals surface area (Å²) in [6.07, 6.45) is 1.68. The molecule has 0 bridgehead atoms. The lowest BCUT2D eigenvalue weighted by Gasteiger charge is -2.24. The van der Waals surface area contributed by atoms with E-state index in [4.69, 9.17) is 16.0 Å². The Labute approximate surface area is 124 Å². The third-order valence-corrected chi connectivity index (χ3v) is 3.08. The average molecular weight is 295 g/mol. The number of halogens is 1. The van der Waals surface area contributed by atoms with Crippen molar-refractivity contribution in [2.75, 3.05) is 13.6 Å². The highest BCUT2D eigenvalue weighted by Crippen LogP contribution is 2.28. The van der Waals surface area contributed by atoms with Crippen LogP contribution >= 0.6 is 11.6 Å². The van der Waals surface area contributed by atoms with Crippen molar-refractivity contribution in [2.45, 2.75) is 26.0 Å². The zero-order chi connectivity index (χ0) is 14.8. The van der Waals surface area contributed by atoms with E-state index in [-0.39, 0.29) is 0 Å². The Kier molecular flexibility index (Phi) is 4.48. The molecule has 0 aliphatic heterocycles. The van der Waals surface area contributed by atoms with Crippen molar-refractivity contribution in [3.63, 3.8) is 0 Å². The SMILES string of the molecule is CN(Cc1ncc(-c2ccccc2Cl)o1)CC(C)(C)O. The number of aliphatic hydroxyl groups is 1. The summed E-state index contributed by atoms with van der Waals surface area (Å²) >= 11 is 6.13. The smallest absolute Gasteiger partial charge is 0.209 e. The van der Waals surface area contributed by atoms with Gasteiger partial charge in [-0.15, -0.1) is 0 Å². The highest BCUT2D eigenvalue weighted by atomic mass is 35.5. The maximum Gasteiger partial charge on any atom is 0.209 e. The van der Waals surface area contributed by atoms with Crippen molar-refractivity contribution >= 4 is 11.6 Å². The molecule has 0 amide bonds. The van der Waals surface area contributed by atoms with Crippen molar-refractivity contribution in [3.05, 3.63) is 41.4 Å². The van der Waals surface area contributed by atoms with Gasteiger partial charge in [0, 0.05) is 12.1 Å². The molecule has 1 aromatic heterocycles. The van der Waals surface area contributed by atoms with Crippen LogP contribution in [0.15, 0.2) is 34.9 Å². The molecular formula is C15H19ClN2O2. The van der Waals surface area contributed by atoms with Crippen molar-refractivity contribution in [1.29, 1.82) is 0 Å². The van der Waals surface area contributed by atoms with Crippen LogP contribution in [0.25, 0.3) is 11.3 Å². The molecule has 0 aliphatic carbocycles. The van der Waals surface area contributed by atoms with Crippen LogP contribution in [0.5, 0.6) is 0 Å². The first-order valence-electron chi connectivity index (χ1n) is 6.46. The van der Waals surface area contributed by atoms with Crippen LogP contribution in [0, 0.1) is 0 Å². The van der Waals surface area contributed by atoms with Crippen molar-refractivity contribution < 1.29 is 9.52 Å². The number of oxazole rings is 1. The van der Waals surface area contributed by atoms with Crippen molar-refractivity contribution in [3.8, 4) is 11.3 Å². The lowest BCUT2D eigenvalue weighted by molar-refractivity contribution is 0.0403. The Morgan fingerprint density at radius 1 is 1.35 bits per heavy atom. The Morgan fingerprint density at radius 3 is 2.70 bits per heavy atom. The van der Waals surface area contributed by atoms with Crippen LogP contribution in [-0.2, 0) is 6.54 Å². The first kappa shape index (κ1) is 15.0. The number of hydrogen-bond donors (Lipinski definition) is 1. The quantitative estimate of drug-likeness (QED) is 0.920. The molecule has 1 aromatic carbocycles. The molecule has 0 atom stereocenters. The average Bonchev–Trinajstić information content (AvgIpc) is 2.75. The number of rotatable bonds is 5. The lowest BCUT2D eigenvalue weighted by Crippen LogP contribution is -2.35. The van der Waals surface area contributed by atoms with E-state index in [0.717, 1.165) is 5.56 Å². The Balaban J connectivity index is 2.08. The molecule has 0 saturated heterocycles. The van der Waals surface area contributed by atoms with Gasteiger partial charge in [0.25, 0.3) is 0 Å². The fourth-order valence-electron chi connectivity index (χ4n) is 2.12. The van der Waals surface area contributed by atoms with Gasteiger partial charge in [0.1, 0.15) is 0 Å². The fourth-order valence-corrected chi connectivity index (χ4v) is 2.35. The predicted octanol–water partition coefficient (Wildman–Crippen LogP) is 3.20. The van der Waals surface area contributed by atoms with Gasteiger partial charge >= 0.3 is 0 Å². The summed E-state index contributed by atoms with van der Waals surface area (Å²) in [5.41, 5.74) is 0.0884. The predicted molar refractivity (Wildman–Crippen MR) is 79.6 cm³/mol. The Morgan fingerprint density at radius 2 is 2.05 bits per heavy atom. The van der Waals surface area contributed by atoms with Crippen LogP contribution in [0.2, 0.25) is 5.02 Å². The van der Waals surface area contributed by atoms with E-state index in [0.29, 0.717) is 29.8 Å². The molecule has 108 valence electrons. The van der Waals surface area contributed by atoms with E-state index in [1.54, 1.807) is 20.0 Å². The third-order valence-electron chi connectivity index (χ3n) is 2.75. The molecule has 0 radical (unpaired) electrons. The highest BCUT2D eigenvalue weighted by Gasteiger charge is 2.17. The molecule has 2 rings (SSSR count). The molecule has 0 fully saturated rings. The molecule has 1 N–H and O–H groups in total. The maximum atomic E-state index is 9.78. The third kappa shape index (κ3) is 4.07. The van der Waals surface area contributed by atoms with Gasteiger partial charge in [0.2, 0.25) is 5.89 Å². The van der Waals surface area contributed by atoms with E-state index >= 15 is 0 Å². The van der Waals surface area contributed by atoms with Gasteiger partial charge in [-0.25, -0.2) is 4.98 Å². The number of hydrogen-bond acceptors (Lipinski definition) is 4. The minimum absolute atomic E-state index is 0.536. The largest absolute Gasteiger partial charge is 0.439 e. The molecule has 2 aromatic rings. The first-order chi connectivity index (χ1) is 9.35. The Bertz CT molecular complexity index is 575. The zero-order valence-electron chi connectivity index (χ0n) is 11.9. The van der Waals surface area contributed by atoms with E-state index in [9.17, 15) is 5.11 Å². The number of likely N-dealkylation sites (N-methyl/N-ethyl adjacent to an activating group) is 1. The summed E-state index contributed by atoms with van der Waals surface area (Å²) in [5.74, 6) is 1.26. The second kappa shape index (κ2) is 5.95. The summed E-state index contributed by atoms with van der Waals surface area (Å²) in [6, 6.07) is 7.50. The highest BCUT2D eigenvalue weighted by molar-refractivity contribution is 6.33.